The number of ether oxygens (including phenoxy) is 1. The average molecular weight is 476 g/mol. The summed E-state index contributed by atoms with van der Waals surface area (Å²) in [5, 5.41) is 0.492. The van der Waals surface area contributed by atoms with E-state index in [9.17, 15) is 14.4 Å². The molecule has 0 atom stereocenters. The molecule has 2 aromatic heterocycles. The van der Waals surface area contributed by atoms with Crippen molar-refractivity contribution in [1.29, 1.82) is 0 Å². The molecule has 4 aromatic rings. The number of para-hydroxylation sites is 1. The molecule has 3 amide bonds. The number of carbonyl (C=O) groups excluding carboxylic acids is 3. The summed E-state index contributed by atoms with van der Waals surface area (Å²) in [6, 6.07) is 12.2. The first-order valence-electron chi connectivity index (χ1n) is 10.7. The van der Waals surface area contributed by atoms with Crippen LogP contribution in [0.15, 0.2) is 61.2 Å². The highest BCUT2D eigenvalue weighted by molar-refractivity contribution is 7.22. The van der Waals surface area contributed by atoms with Crippen molar-refractivity contribution in [2.75, 3.05) is 25.1 Å². The number of aromatic nitrogens is 3. The predicted molar refractivity (Wildman–Crippen MR) is 127 cm³/mol. The number of imide groups is 1. The van der Waals surface area contributed by atoms with E-state index in [1.807, 2.05) is 29.0 Å². The van der Waals surface area contributed by atoms with Gasteiger partial charge >= 0.3 is 0 Å². The summed E-state index contributed by atoms with van der Waals surface area (Å²) in [6.45, 7) is 0.664. The maximum atomic E-state index is 13.5. The Labute approximate surface area is 199 Å². The number of imidazole rings is 1. The number of rotatable bonds is 8. The van der Waals surface area contributed by atoms with E-state index in [2.05, 4.69) is 9.97 Å². The van der Waals surface area contributed by atoms with Gasteiger partial charge in [0, 0.05) is 25.5 Å². The van der Waals surface area contributed by atoms with E-state index >= 15 is 0 Å². The van der Waals surface area contributed by atoms with Crippen LogP contribution in [-0.2, 0) is 11.3 Å². The lowest BCUT2D eigenvalue weighted by Gasteiger charge is -2.22. The standard InChI is InChI=1S/C24H21N5O4S/c1-33-18-8-4-9-19-21(18)26-24(34-19)28(12-5-11-27-13-10-25-15-27)20(30)14-29-22(31)16-6-2-3-7-17(16)23(29)32/h2-4,6-10,13,15H,5,11-12,14H2,1H3. The number of hydrogen-bond acceptors (Lipinski definition) is 7. The Balaban J connectivity index is 1.41. The van der Waals surface area contributed by atoms with Crippen LogP contribution in [0, 0.1) is 0 Å². The van der Waals surface area contributed by atoms with E-state index in [4.69, 9.17) is 4.74 Å². The topological polar surface area (TPSA) is 97.6 Å². The quantitative estimate of drug-likeness (QED) is 0.363. The Morgan fingerprint density at radius 3 is 2.53 bits per heavy atom. The molecule has 9 nitrogen and oxygen atoms in total. The number of hydrogen-bond donors (Lipinski definition) is 0. The predicted octanol–water partition coefficient (Wildman–Crippen LogP) is 3.22. The molecule has 0 unspecified atom stereocenters. The van der Waals surface area contributed by atoms with E-state index < -0.39 is 11.8 Å². The first-order valence-corrected chi connectivity index (χ1v) is 11.5. The van der Waals surface area contributed by atoms with E-state index in [-0.39, 0.29) is 12.5 Å². The van der Waals surface area contributed by atoms with Gasteiger partial charge in [0.1, 0.15) is 17.8 Å². The summed E-state index contributed by atoms with van der Waals surface area (Å²) in [5.41, 5.74) is 1.30. The highest BCUT2D eigenvalue weighted by Gasteiger charge is 2.37. The molecular formula is C24H21N5O4S. The molecule has 0 saturated carbocycles. The Morgan fingerprint density at radius 2 is 1.85 bits per heavy atom. The summed E-state index contributed by atoms with van der Waals surface area (Å²) >= 11 is 1.36. The molecule has 0 fully saturated rings. The van der Waals surface area contributed by atoms with Crippen molar-refractivity contribution in [2.45, 2.75) is 13.0 Å². The Morgan fingerprint density at radius 1 is 1.09 bits per heavy atom. The molecule has 5 rings (SSSR count). The minimum atomic E-state index is -0.460. The fraction of sp³-hybridized carbons (Fsp3) is 0.208. The molecule has 3 heterocycles. The van der Waals surface area contributed by atoms with Crippen molar-refractivity contribution in [3.05, 3.63) is 72.3 Å². The number of amides is 3. The van der Waals surface area contributed by atoms with Crippen molar-refractivity contribution in [2.24, 2.45) is 0 Å². The van der Waals surface area contributed by atoms with Gasteiger partial charge in [-0.05, 0) is 30.7 Å². The van der Waals surface area contributed by atoms with Crippen molar-refractivity contribution >= 4 is 44.4 Å². The number of benzene rings is 2. The van der Waals surface area contributed by atoms with Gasteiger partial charge in [0.05, 0.1) is 29.3 Å². The number of fused-ring (bicyclic) bond motifs is 2. The van der Waals surface area contributed by atoms with Crippen molar-refractivity contribution in [3.8, 4) is 5.75 Å². The van der Waals surface area contributed by atoms with Crippen molar-refractivity contribution in [1.82, 2.24) is 19.4 Å². The third kappa shape index (κ3) is 3.92. The van der Waals surface area contributed by atoms with Gasteiger partial charge in [-0.3, -0.25) is 24.2 Å². The second-order valence-electron chi connectivity index (χ2n) is 7.74. The zero-order valence-corrected chi connectivity index (χ0v) is 19.2. The molecule has 2 aromatic carbocycles. The Bertz CT molecular complexity index is 1350. The first-order chi connectivity index (χ1) is 16.6. The molecule has 1 aliphatic rings. The number of aryl methyl sites for hydroxylation is 1. The minimum Gasteiger partial charge on any atom is -0.494 e. The monoisotopic (exact) mass is 475 g/mol. The van der Waals surface area contributed by atoms with Gasteiger partial charge in [0.2, 0.25) is 5.91 Å². The molecule has 172 valence electrons. The lowest BCUT2D eigenvalue weighted by Crippen LogP contribution is -2.43. The molecule has 0 radical (unpaired) electrons. The van der Waals surface area contributed by atoms with Crippen LogP contribution in [-0.4, -0.2) is 57.4 Å². The number of thiazole rings is 1. The van der Waals surface area contributed by atoms with Crippen LogP contribution >= 0.6 is 11.3 Å². The molecule has 0 spiro atoms. The molecule has 10 heteroatoms. The maximum absolute atomic E-state index is 13.5. The average Bonchev–Trinajstić information content (AvgIpc) is 3.58. The molecule has 0 saturated heterocycles. The highest BCUT2D eigenvalue weighted by atomic mass is 32.1. The van der Waals surface area contributed by atoms with Crippen LogP contribution in [0.1, 0.15) is 27.1 Å². The fourth-order valence-corrected chi connectivity index (χ4v) is 4.98. The lowest BCUT2D eigenvalue weighted by molar-refractivity contribution is -0.119. The Hall–Kier alpha value is -4.05. The van der Waals surface area contributed by atoms with Crippen molar-refractivity contribution < 1.29 is 19.1 Å². The van der Waals surface area contributed by atoms with E-state index in [0.29, 0.717) is 47.0 Å². The Kier molecular flexibility index (Phi) is 5.81. The normalized spacial score (nSPS) is 12.9. The molecule has 1 aliphatic heterocycles. The van der Waals surface area contributed by atoms with Gasteiger partial charge in [0.15, 0.2) is 5.13 Å². The van der Waals surface area contributed by atoms with E-state index in [1.165, 1.54) is 11.3 Å². The van der Waals surface area contributed by atoms with Gasteiger partial charge in [-0.25, -0.2) is 9.97 Å². The van der Waals surface area contributed by atoms with Gasteiger partial charge in [-0.15, -0.1) is 0 Å². The van der Waals surface area contributed by atoms with Gasteiger partial charge in [-0.1, -0.05) is 29.5 Å². The van der Waals surface area contributed by atoms with Crippen LogP contribution in [0.25, 0.3) is 10.2 Å². The largest absolute Gasteiger partial charge is 0.494 e. The van der Waals surface area contributed by atoms with Gasteiger partial charge in [0.25, 0.3) is 11.8 Å². The van der Waals surface area contributed by atoms with E-state index in [0.717, 1.165) is 9.60 Å². The number of anilines is 1. The summed E-state index contributed by atoms with van der Waals surface area (Å²) < 4.78 is 8.22. The minimum absolute atomic E-state index is 0.316. The van der Waals surface area contributed by atoms with Gasteiger partial charge in [-0.2, -0.15) is 0 Å². The molecule has 0 aliphatic carbocycles. The third-order valence-corrected chi connectivity index (χ3v) is 6.69. The fourth-order valence-electron chi connectivity index (χ4n) is 3.95. The second kappa shape index (κ2) is 9.06. The van der Waals surface area contributed by atoms with Crippen LogP contribution < -0.4 is 9.64 Å². The highest BCUT2D eigenvalue weighted by Crippen LogP contribution is 2.34. The smallest absolute Gasteiger partial charge is 0.262 e. The number of methoxy groups -OCH3 is 1. The zero-order valence-electron chi connectivity index (χ0n) is 18.4. The number of carbonyl (C=O) groups is 3. The lowest BCUT2D eigenvalue weighted by atomic mass is 10.1. The van der Waals surface area contributed by atoms with Crippen LogP contribution in [0.2, 0.25) is 0 Å². The summed E-state index contributed by atoms with van der Waals surface area (Å²) in [7, 11) is 1.57. The second-order valence-corrected chi connectivity index (χ2v) is 8.75. The van der Waals surface area contributed by atoms with E-state index in [1.54, 1.807) is 48.8 Å². The van der Waals surface area contributed by atoms with Crippen LogP contribution in [0.5, 0.6) is 5.75 Å². The van der Waals surface area contributed by atoms with Gasteiger partial charge < -0.3 is 9.30 Å². The molecule has 0 bridgehead atoms. The summed E-state index contributed by atoms with van der Waals surface area (Å²) in [5.74, 6) is -0.680. The number of nitrogens with zero attached hydrogens (tertiary/aromatic N) is 5. The molecular weight excluding hydrogens is 454 g/mol. The SMILES string of the molecule is COc1cccc2sc(N(CCCn3ccnc3)C(=O)CN3C(=O)c4ccccc4C3=O)nc12. The summed E-state index contributed by atoms with van der Waals surface area (Å²) in [6.07, 6.45) is 5.91. The summed E-state index contributed by atoms with van der Waals surface area (Å²) in [4.78, 5) is 50.3. The third-order valence-electron chi connectivity index (χ3n) is 5.65. The molecule has 34 heavy (non-hydrogen) atoms. The van der Waals surface area contributed by atoms with Crippen molar-refractivity contribution in [3.63, 3.8) is 0 Å². The maximum Gasteiger partial charge on any atom is 0.262 e. The van der Waals surface area contributed by atoms with Crippen LogP contribution in [0.4, 0.5) is 5.13 Å². The first kappa shape index (κ1) is 21.8. The zero-order chi connectivity index (χ0) is 23.7. The van der Waals surface area contributed by atoms with Crippen LogP contribution in [0.3, 0.4) is 0 Å². The molecule has 0 N–H and O–H groups in total.